The first kappa shape index (κ1) is 15.8. The summed E-state index contributed by atoms with van der Waals surface area (Å²) in [6, 6.07) is 3.77. The number of amides is 1. The molecule has 0 aromatic carbocycles. The highest BCUT2D eigenvalue weighted by atomic mass is 16.2. The standard InChI is InChI=1S/C17H27N3O/c1-17(2,3)14-9-13(10-15(18-4)19-14)16(21)20(5)11-12-7-6-8-12/h9-10,12H,6-8,11H2,1-5H3,(H,18,19). The molecule has 1 heterocycles. The number of aromatic nitrogens is 1. The van der Waals surface area contributed by atoms with E-state index in [-0.39, 0.29) is 11.3 Å². The lowest BCUT2D eigenvalue weighted by Crippen LogP contribution is -2.34. The summed E-state index contributed by atoms with van der Waals surface area (Å²) in [4.78, 5) is 19.1. The first-order chi connectivity index (χ1) is 9.81. The smallest absolute Gasteiger partial charge is 0.253 e. The third kappa shape index (κ3) is 3.74. The van der Waals surface area contributed by atoms with Crippen LogP contribution >= 0.6 is 0 Å². The van der Waals surface area contributed by atoms with Crippen molar-refractivity contribution in [3.05, 3.63) is 23.4 Å². The SMILES string of the molecule is CNc1cc(C(=O)N(C)CC2CCC2)cc(C(C)(C)C)n1. The Morgan fingerprint density at radius 3 is 2.52 bits per heavy atom. The van der Waals surface area contributed by atoms with Crippen molar-refractivity contribution in [1.82, 2.24) is 9.88 Å². The van der Waals surface area contributed by atoms with Crippen LogP contribution in [-0.2, 0) is 5.41 Å². The van der Waals surface area contributed by atoms with Crippen LogP contribution in [0, 0.1) is 5.92 Å². The second kappa shape index (κ2) is 6.04. The summed E-state index contributed by atoms with van der Waals surface area (Å²) in [6.45, 7) is 7.20. The monoisotopic (exact) mass is 289 g/mol. The molecule has 1 fully saturated rings. The second-order valence-corrected chi connectivity index (χ2v) is 7.11. The van der Waals surface area contributed by atoms with Gasteiger partial charge in [-0.25, -0.2) is 4.98 Å². The van der Waals surface area contributed by atoms with Crippen LogP contribution in [0.15, 0.2) is 12.1 Å². The first-order valence-electron chi connectivity index (χ1n) is 7.77. The summed E-state index contributed by atoms with van der Waals surface area (Å²) in [6.07, 6.45) is 3.81. The minimum atomic E-state index is -0.0750. The van der Waals surface area contributed by atoms with Crippen molar-refractivity contribution >= 4 is 11.7 Å². The van der Waals surface area contributed by atoms with Gasteiger partial charge in [-0.05, 0) is 30.9 Å². The molecular formula is C17H27N3O. The molecule has 0 radical (unpaired) electrons. The van der Waals surface area contributed by atoms with Crippen molar-refractivity contribution in [2.24, 2.45) is 5.92 Å². The molecule has 1 aliphatic rings. The number of pyridine rings is 1. The molecule has 1 saturated carbocycles. The highest BCUT2D eigenvalue weighted by molar-refractivity contribution is 5.95. The maximum absolute atomic E-state index is 12.6. The summed E-state index contributed by atoms with van der Waals surface area (Å²) in [5, 5.41) is 3.05. The molecule has 1 aromatic rings. The number of hydrogen-bond acceptors (Lipinski definition) is 3. The molecule has 0 aliphatic heterocycles. The summed E-state index contributed by atoms with van der Waals surface area (Å²) < 4.78 is 0. The van der Waals surface area contributed by atoms with Crippen LogP contribution in [0.1, 0.15) is 56.1 Å². The van der Waals surface area contributed by atoms with Gasteiger partial charge >= 0.3 is 0 Å². The van der Waals surface area contributed by atoms with Crippen molar-refractivity contribution in [3.8, 4) is 0 Å². The fourth-order valence-corrected chi connectivity index (χ4v) is 2.53. The van der Waals surface area contributed by atoms with Gasteiger partial charge in [0.2, 0.25) is 0 Å². The summed E-state index contributed by atoms with van der Waals surface area (Å²) >= 11 is 0. The van der Waals surface area contributed by atoms with Crippen LogP contribution in [-0.4, -0.2) is 36.4 Å². The lowest BCUT2D eigenvalue weighted by Gasteiger charge is -2.30. The van der Waals surface area contributed by atoms with Gasteiger partial charge in [0.25, 0.3) is 5.91 Å². The van der Waals surface area contributed by atoms with E-state index in [1.165, 1.54) is 19.3 Å². The third-order valence-corrected chi connectivity index (χ3v) is 4.20. The van der Waals surface area contributed by atoms with Gasteiger partial charge in [-0.2, -0.15) is 0 Å². The molecule has 4 nitrogen and oxygen atoms in total. The molecule has 1 amide bonds. The van der Waals surface area contributed by atoms with Gasteiger partial charge in [0.1, 0.15) is 5.82 Å². The Kier molecular flexibility index (Phi) is 4.55. The topological polar surface area (TPSA) is 45.2 Å². The van der Waals surface area contributed by atoms with E-state index in [0.29, 0.717) is 5.92 Å². The first-order valence-corrected chi connectivity index (χ1v) is 7.77. The van der Waals surface area contributed by atoms with E-state index in [2.05, 4.69) is 31.1 Å². The number of nitrogens with zero attached hydrogens (tertiary/aromatic N) is 2. The Hall–Kier alpha value is -1.58. The van der Waals surface area contributed by atoms with Crippen molar-refractivity contribution in [3.63, 3.8) is 0 Å². The zero-order chi connectivity index (χ0) is 15.6. The van der Waals surface area contributed by atoms with E-state index in [4.69, 9.17) is 0 Å². The van der Waals surface area contributed by atoms with Gasteiger partial charge in [0.15, 0.2) is 0 Å². The maximum Gasteiger partial charge on any atom is 0.253 e. The Morgan fingerprint density at radius 1 is 1.38 bits per heavy atom. The zero-order valence-corrected chi connectivity index (χ0v) is 13.9. The average molecular weight is 289 g/mol. The van der Waals surface area contributed by atoms with Gasteiger partial charge in [0, 0.05) is 37.3 Å². The molecule has 2 rings (SSSR count). The summed E-state index contributed by atoms with van der Waals surface area (Å²) in [5.41, 5.74) is 1.59. The van der Waals surface area contributed by atoms with Gasteiger partial charge in [-0.1, -0.05) is 27.2 Å². The highest BCUT2D eigenvalue weighted by Crippen LogP contribution is 2.28. The molecule has 0 spiro atoms. The molecule has 1 aliphatic carbocycles. The van der Waals surface area contributed by atoms with E-state index in [9.17, 15) is 4.79 Å². The van der Waals surface area contributed by atoms with Crippen LogP contribution in [0.3, 0.4) is 0 Å². The quantitative estimate of drug-likeness (QED) is 0.925. The minimum Gasteiger partial charge on any atom is -0.373 e. The van der Waals surface area contributed by atoms with Crippen molar-refractivity contribution in [2.75, 3.05) is 26.0 Å². The van der Waals surface area contributed by atoms with Gasteiger partial charge in [-0.15, -0.1) is 0 Å². The maximum atomic E-state index is 12.6. The minimum absolute atomic E-state index is 0.0750. The highest BCUT2D eigenvalue weighted by Gasteiger charge is 2.24. The van der Waals surface area contributed by atoms with E-state index in [1.807, 2.05) is 31.1 Å². The van der Waals surface area contributed by atoms with E-state index >= 15 is 0 Å². The van der Waals surface area contributed by atoms with Crippen molar-refractivity contribution in [2.45, 2.75) is 45.4 Å². The molecule has 4 heteroatoms. The fourth-order valence-electron chi connectivity index (χ4n) is 2.53. The Balaban J connectivity index is 2.22. The van der Waals surface area contributed by atoms with Crippen LogP contribution < -0.4 is 5.32 Å². The number of carbonyl (C=O) groups is 1. The van der Waals surface area contributed by atoms with Gasteiger partial charge in [0.05, 0.1) is 0 Å². The molecule has 21 heavy (non-hydrogen) atoms. The van der Waals surface area contributed by atoms with Gasteiger partial charge < -0.3 is 10.2 Å². The van der Waals surface area contributed by atoms with Gasteiger partial charge in [-0.3, -0.25) is 4.79 Å². The lowest BCUT2D eigenvalue weighted by atomic mass is 9.85. The molecule has 0 unspecified atom stereocenters. The largest absolute Gasteiger partial charge is 0.373 e. The molecule has 0 atom stereocenters. The average Bonchev–Trinajstić information content (AvgIpc) is 2.40. The van der Waals surface area contributed by atoms with Crippen molar-refractivity contribution in [1.29, 1.82) is 0 Å². The van der Waals surface area contributed by atoms with Crippen LogP contribution in [0.4, 0.5) is 5.82 Å². The number of hydrogen-bond donors (Lipinski definition) is 1. The number of carbonyl (C=O) groups excluding carboxylic acids is 1. The summed E-state index contributed by atoms with van der Waals surface area (Å²) in [5.74, 6) is 1.53. The van der Waals surface area contributed by atoms with E-state index in [0.717, 1.165) is 23.6 Å². The number of nitrogens with one attached hydrogen (secondary N) is 1. The van der Waals surface area contributed by atoms with E-state index in [1.54, 1.807) is 0 Å². The Bertz CT molecular complexity index is 515. The molecule has 116 valence electrons. The molecule has 1 aromatic heterocycles. The predicted octanol–water partition coefficient (Wildman–Crippen LogP) is 3.29. The zero-order valence-electron chi connectivity index (χ0n) is 13.9. The van der Waals surface area contributed by atoms with Crippen LogP contribution in [0.2, 0.25) is 0 Å². The number of anilines is 1. The molecule has 0 bridgehead atoms. The Labute approximate surface area is 127 Å². The van der Waals surface area contributed by atoms with E-state index < -0.39 is 0 Å². The van der Waals surface area contributed by atoms with Crippen molar-refractivity contribution < 1.29 is 4.79 Å². The molecule has 0 saturated heterocycles. The van der Waals surface area contributed by atoms with Crippen LogP contribution in [0.5, 0.6) is 0 Å². The molecular weight excluding hydrogens is 262 g/mol. The fraction of sp³-hybridized carbons (Fsp3) is 0.647. The van der Waals surface area contributed by atoms with Crippen LogP contribution in [0.25, 0.3) is 0 Å². The summed E-state index contributed by atoms with van der Waals surface area (Å²) in [7, 11) is 3.73. The predicted molar refractivity (Wildman–Crippen MR) is 86.8 cm³/mol. The lowest BCUT2D eigenvalue weighted by molar-refractivity contribution is 0.0745. The third-order valence-electron chi connectivity index (χ3n) is 4.20. The second-order valence-electron chi connectivity index (χ2n) is 7.11. The Morgan fingerprint density at radius 2 is 2.05 bits per heavy atom. The molecule has 1 N–H and O–H groups in total. The normalized spacial score (nSPS) is 15.5. The number of rotatable bonds is 4.